The number of anilines is 4. The summed E-state index contributed by atoms with van der Waals surface area (Å²) in [6.07, 6.45) is 4.22. The van der Waals surface area contributed by atoms with Crippen molar-refractivity contribution in [1.29, 1.82) is 0 Å². The monoisotopic (exact) mass is 485 g/mol. The minimum absolute atomic E-state index is 0.0151. The Kier molecular flexibility index (Phi) is 5.37. The summed E-state index contributed by atoms with van der Waals surface area (Å²) >= 11 is 0. The van der Waals surface area contributed by atoms with E-state index in [1.807, 2.05) is 13.0 Å². The van der Waals surface area contributed by atoms with Gasteiger partial charge < -0.3 is 21.1 Å². The summed E-state index contributed by atoms with van der Waals surface area (Å²) in [6, 6.07) is 8.59. The van der Waals surface area contributed by atoms with E-state index in [9.17, 15) is 0 Å². The molecule has 0 saturated heterocycles. The summed E-state index contributed by atoms with van der Waals surface area (Å²) in [5, 5.41) is 7.06. The number of hydrogen-bond acceptors (Lipinski definition) is 8. The number of ether oxygens (including phenoxy) is 1. The maximum absolute atomic E-state index is 15.4. The van der Waals surface area contributed by atoms with E-state index in [0.717, 1.165) is 29.9 Å². The lowest BCUT2D eigenvalue weighted by molar-refractivity contribution is 0.231. The molecule has 2 aromatic carbocycles. The van der Waals surface area contributed by atoms with E-state index in [4.69, 9.17) is 10.5 Å². The first-order valence-corrected chi connectivity index (χ1v) is 12.1. The second kappa shape index (κ2) is 8.60. The zero-order valence-electron chi connectivity index (χ0n) is 20.5. The Morgan fingerprint density at radius 3 is 2.89 bits per heavy atom. The van der Waals surface area contributed by atoms with Crippen LogP contribution in [0.3, 0.4) is 0 Å². The number of hydrogen-bond donors (Lipinski definition) is 3. The van der Waals surface area contributed by atoms with Crippen molar-refractivity contribution in [3.63, 3.8) is 0 Å². The van der Waals surface area contributed by atoms with Gasteiger partial charge in [-0.15, -0.1) is 0 Å². The largest absolute Gasteiger partial charge is 0.474 e. The van der Waals surface area contributed by atoms with E-state index in [0.29, 0.717) is 53.1 Å². The molecule has 1 unspecified atom stereocenters. The zero-order valence-corrected chi connectivity index (χ0v) is 20.5. The molecule has 0 aliphatic carbocycles. The van der Waals surface area contributed by atoms with E-state index in [2.05, 4.69) is 56.6 Å². The van der Waals surface area contributed by atoms with Gasteiger partial charge in [0.25, 0.3) is 0 Å². The fourth-order valence-electron chi connectivity index (χ4n) is 5.00. The second-order valence-corrected chi connectivity index (χ2v) is 9.61. The third kappa shape index (κ3) is 3.76. The van der Waals surface area contributed by atoms with Crippen LogP contribution in [0.4, 0.5) is 27.4 Å². The fourth-order valence-corrected chi connectivity index (χ4v) is 5.00. The molecule has 9 heteroatoms. The molecule has 0 amide bonds. The predicted octanol–water partition coefficient (Wildman–Crippen LogP) is 4.65. The number of nitrogens with zero attached hydrogens (tertiary/aromatic N) is 4. The first-order valence-electron chi connectivity index (χ1n) is 12.1. The van der Waals surface area contributed by atoms with Gasteiger partial charge in [0, 0.05) is 53.7 Å². The van der Waals surface area contributed by atoms with Crippen molar-refractivity contribution >= 4 is 33.9 Å². The number of rotatable bonds is 3. The van der Waals surface area contributed by atoms with Crippen LogP contribution in [0.1, 0.15) is 23.6 Å². The Labute approximate surface area is 208 Å². The van der Waals surface area contributed by atoms with Crippen LogP contribution in [0.2, 0.25) is 0 Å². The summed E-state index contributed by atoms with van der Waals surface area (Å²) < 4.78 is 21.0. The number of nitrogens with one attached hydrogen (secondary N) is 2. The minimum Gasteiger partial charge on any atom is -0.474 e. The van der Waals surface area contributed by atoms with Gasteiger partial charge >= 0.3 is 0 Å². The zero-order chi connectivity index (χ0) is 25.0. The highest BCUT2D eigenvalue weighted by Crippen LogP contribution is 2.39. The molecule has 2 aliphatic rings. The standard InChI is InChI=1S/C27H28FN7O/c1-14-8-16-4-5-18(9-17(16)13-35(14)3)33-27-32-12-21-22(34-27)10-19(23(28)24(21)29)20-11-31-26-25(15(20)2)30-6-7-36-26/h4-5,9-12,14,30H,6-8,13,29H2,1-3H3,(H,32,33,34). The van der Waals surface area contributed by atoms with Crippen LogP contribution < -0.4 is 21.1 Å². The summed E-state index contributed by atoms with van der Waals surface area (Å²) in [7, 11) is 2.14. The third-order valence-electron chi connectivity index (χ3n) is 7.25. The highest BCUT2D eigenvalue weighted by atomic mass is 19.1. The Morgan fingerprint density at radius 2 is 2.03 bits per heavy atom. The van der Waals surface area contributed by atoms with Crippen LogP contribution in [0.5, 0.6) is 5.88 Å². The van der Waals surface area contributed by atoms with E-state index in [-0.39, 0.29) is 5.69 Å². The van der Waals surface area contributed by atoms with Crippen molar-refractivity contribution in [2.24, 2.45) is 0 Å². The Morgan fingerprint density at radius 1 is 1.17 bits per heavy atom. The average Bonchev–Trinajstić information content (AvgIpc) is 2.88. The molecule has 4 heterocycles. The van der Waals surface area contributed by atoms with Gasteiger partial charge in [0.1, 0.15) is 12.3 Å². The summed E-state index contributed by atoms with van der Waals surface area (Å²) in [4.78, 5) is 15.8. The van der Waals surface area contributed by atoms with Gasteiger partial charge in [-0.3, -0.25) is 4.90 Å². The number of halogens is 1. The van der Waals surface area contributed by atoms with Crippen LogP contribution in [-0.2, 0) is 13.0 Å². The number of benzene rings is 2. The molecule has 0 saturated carbocycles. The van der Waals surface area contributed by atoms with Crippen LogP contribution in [-0.4, -0.2) is 46.1 Å². The molecule has 2 aliphatic heterocycles. The fraction of sp³-hybridized carbons (Fsp3) is 0.296. The molecule has 4 N–H and O–H groups in total. The van der Waals surface area contributed by atoms with Crippen molar-refractivity contribution in [3.05, 3.63) is 59.2 Å². The molecule has 8 nitrogen and oxygen atoms in total. The van der Waals surface area contributed by atoms with Gasteiger partial charge in [0.2, 0.25) is 11.8 Å². The molecular weight excluding hydrogens is 457 g/mol. The van der Waals surface area contributed by atoms with Crippen LogP contribution >= 0.6 is 0 Å². The molecule has 0 spiro atoms. The maximum atomic E-state index is 15.4. The lowest BCUT2D eigenvalue weighted by Crippen LogP contribution is -2.34. The van der Waals surface area contributed by atoms with Crippen molar-refractivity contribution in [1.82, 2.24) is 19.9 Å². The molecular formula is C27H28FN7O. The number of pyridine rings is 1. The van der Waals surface area contributed by atoms with Gasteiger partial charge in [-0.25, -0.2) is 19.3 Å². The molecule has 0 radical (unpaired) electrons. The quantitative estimate of drug-likeness (QED) is 0.361. The predicted molar refractivity (Wildman–Crippen MR) is 140 cm³/mol. The highest BCUT2D eigenvalue weighted by molar-refractivity contribution is 5.96. The first kappa shape index (κ1) is 22.5. The summed E-state index contributed by atoms with van der Waals surface area (Å²) in [5.41, 5.74) is 12.9. The van der Waals surface area contributed by atoms with E-state index in [1.165, 1.54) is 11.1 Å². The number of nitrogen functional groups attached to an aromatic ring is 1. The van der Waals surface area contributed by atoms with E-state index in [1.54, 1.807) is 18.5 Å². The molecule has 1 atom stereocenters. The van der Waals surface area contributed by atoms with Crippen molar-refractivity contribution < 1.29 is 9.13 Å². The molecule has 0 fully saturated rings. The van der Waals surface area contributed by atoms with Crippen LogP contribution in [0, 0.1) is 12.7 Å². The number of fused-ring (bicyclic) bond motifs is 3. The molecule has 4 aromatic rings. The Bertz CT molecular complexity index is 1510. The van der Waals surface area contributed by atoms with Crippen LogP contribution in [0.15, 0.2) is 36.7 Å². The van der Waals surface area contributed by atoms with Crippen molar-refractivity contribution in [3.8, 4) is 17.0 Å². The molecule has 6 rings (SSSR count). The molecule has 184 valence electrons. The van der Waals surface area contributed by atoms with Crippen molar-refractivity contribution in [2.75, 3.05) is 36.6 Å². The van der Waals surface area contributed by atoms with E-state index >= 15 is 4.39 Å². The van der Waals surface area contributed by atoms with Gasteiger partial charge in [-0.1, -0.05) is 6.07 Å². The number of aromatic nitrogens is 3. The molecule has 36 heavy (non-hydrogen) atoms. The third-order valence-corrected chi connectivity index (χ3v) is 7.25. The first-order chi connectivity index (χ1) is 17.4. The SMILES string of the molecule is Cc1c(-c2cc3nc(Nc4ccc5c(c4)CN(C)C(C)C5)ncc3c(N)c2F)cnc2c1NCCO2. The van der Waals surface area contributed by atoms with Gasteiger partial charge in [0.15, 0.2) is 5.82 Å². The van der Waals surface area contributed by atoms with Gasteiger partial charge in [0.05, 0.1) is 11.2 Å². The lowest BCUT2D eigenvalue weighted by atomic mass is 9.95. The minimum atomic E-state index is -0.513. The maximum Gasteiger partial charge on any atom is 0.237 e. The normalized spacial score (nSPS) is 17.2. The van der Waals surface area contributed by atoms with E-state index < -0.39 is 5.82 Å². The van der Waals surface area contributed by atoms with Gasteiger partial charge in [-0.2, -0.15) is 0 Å². The molecule has 0 bridgehead atoms. The van der Waals surface area contributed by atoms with Gasteiger partial charge in [-0.05, 0) is 62.2 Å². The lowest BCUT2D eigenvalue weighted by Gasteiger charge is -2.31. The second-order valence-electron chi connectivity index (χ2n) is 9.61. The summed E-state index contributed by atoms with van der Waals surface area (Å²) in [6.45, 7) is 6.27. The average molecular weight is 486 g/mol. The number of likely N-dealkylation sites (N-methyl/N-ethyl adjacent to an activating group) is 1. The van der Waals surface area contributed by atoms with Crippen LogP contribution in [0.25, 0.3) is 22.0 Å². The Balaban J connectivity index is 1.37. The topological polar surface area (TPSA) is 101 Å². The smallest absolute Gasteiger partial charge is 0.237 e. The molecule has 2 aromatic heterocycles. The number of nitrogens with two attached hydrogens (primary N) is 1. The highest BCUT2D eigenvalue weighted by Gasteiger charge is 2.22. The Hall–Kier alpha value is -3.98. The van der Waals surface area contributed by atoms with Crippen molar-refractivity contribution in [2.45, 2.75) is 32.9 Å². The summed E-state index contributed by atoms with van der Waals surface area (Å²) in [5.74, 6) is 0.435.